The number of carbonyl (C=O) groups is 1. The van der Waals surface area contributed by atoms with Crippen LogP contribution in [0, 0.1) is 0 Å². The summed E-state index contributed by atoms with van der Waals surface area (Å²) in [6.07, 6.45) is -0.912. The first-order chi connectivity index (χ1) is 8.02. The quantitative estimate of drug-likeness (QED) is 0.437. The van der Waals surface area contributed by atoms with Crippen LogP contribution in [0.4, 0.5) is 0 Å². The normalized spacial score (nSPS) is 15.1. The molecule has 3 unspecified atom stereocenters. The molecule has 96 valence electrons. The number of rotatable bonds is 4. The van der Waals surface area contributed by atoms with Crippen molar-refractivity contribution < 1.29 is 29.6 Å². The molecule has 4 N–H and O–H groups in total. The highest BCUT2D eigenvalue weighted by molar-refractivity contribution is 7.38. The lowest BCUT2D eigenvalue weighted by atomic mass is 10.2. The van der Waals surface area contributed by atoms with Crippen LogP contribution in [-0.2, 0) is 9.36 Å². The fraction of sp³-hybridized carbons (Fsp3) is 0.300. The predicted octanol–water partition coefficient (Wildman–Crippen LogP) is -0.317. The minimum absolute atomic E-state index is 0.278. The number of benzene rings is 1. The number of carbonyl (C=O) groups excluding carboxylic acids is 1. The van der Waals surface area contributed by atoms with Gasteiger partial charge in [-0.25, -0.2) is 0 Å². The molecule has 17 heavy (non-hydrogen) atoms. The van der Waals surface area contributed by atoms with Crippen molar-refractivity contribution in [3.05, 3.63) is 35.9 Å². The molecule has 0 aliphatic carbocycles. The van der Waals surface area contributed by atoms with Gasteiger partial charge in [-0.05, 0) is 5.56 Å². The van der Waals surface area contributed by atoms with Crippen molar-refractivity contribution in [2.75, 3.05) is 6.61 Å². The maximum absolute atomic E-state index is 10.4. The first-order valence-electron chi connectivity index (χ1n) is 4.73. The summed E-state index contributed by atoms with van der Waals surface area (Å²) >= 11 is 0. The van der Waals surface area contributed by atoms with E-state index in [2.05, 4.69) is 0 Å². The molecule has 1 rings (SSSR count). The molecule has 7 heteroatoms. The fourth-order valence-electron chi connectivity index (χ4n) is 0.821. The summed E-state index contributed by atoms with van der Waals surface area (Å²) in [5, 5.41) is 25.0. The minimum atomic E-state index is -2.86. The van der Waals surface area contributed by atoms with Crippen LogP contribution in [0.2, 0.25) is 0 Å². The lowest BCUT2D eigenvalue weighted by Gasteiger charge is -2.04. The van der Waals surface area contributed by atoms with Crippen LogP contribution in [-0.4, -0.2) is 39.2 Å². The average Bonchev–Trinajstić information content (AvgIpc) is 2.38. The lowest BCUT2D eigenvalue weighted by molar-refractivity contribution is -0.116. The second-order valence-corrected chi connectivity index (χ2v) is 4.26. The van der Waals surface area contributed by atoms with Crippen LogP contribution >= 0.6 is 8.03 Å². The topological polar surface area (TPSA) is 115 Å². The van der Waals surface area contributed by atoms with E-state index in [1.165, 1.54) is 0 Å². The van der Waals surface area contributed by atoms with Crippen molar-refractivity contribution in [3.8, 4) is 0 Å². The Morgan fingerprint density at radius 2 is 1.76 bits per heavy atom. The average molecular weight is 262 g/mol. The Labute approximate surface area is 99.0 Å². The van der Waals surface area contributed by atoms with E-state index in [0.29, 0.717) is 5.56 Å². The maximum atomic E-state index is 10.4. The van der Waals surface area contributed by atoms with Gasteiger partial charge in [-0.15, -0.1) is 0 Å². The number of aldehydes is 1. The smallest absolute Gasteiger partial charge is 0.221 e. The number of hydrogen-bond donors (Lipinski definition) is 4. The highest BCUT2D eigenvalue weighted by Gasteiger charge is 2.10. The van der Waals surface area contributed by atoms with E-state index < -0.39 is 26.6 Å². The van der Waals surface area contributed by atoms with E-state index in [1.54, 1.807) is 30.3 Å². The number of hydrogen-bond acceptors (Lipinski definition) is 5. The van der Waals surface area contributed by atoms with E-state index in [1.807, 2.05) is 0 Å². The van der Waals surface area contributed by atoms with Crippen LogP contribution in [0.5, 0.6) is 0 Å². The van der Waals surface area contributed by atoms with E-state index in [4.69, 9.17) is 20.2 Å². The molecule has 1 aromatic rings. The van der Waals surface area contributed by atoms with Crippen LogP contribution < -0.4 is 0 Å². The minimum Gasteiger partial charge on any atom is -0.393 e. The summed E-state index contributed by atoms with van der Waals surface area (Å²) < 4.78 is 10.4. The zero-order valence-corrected chi connectivity index (χ0v) is 9.93. The Morgan fingerprint density at radius 1 is 1.24 bits per heavy atom. The van der Waals surface area contributed by atoms with Crippen molar-refractivity contribution in [2.45, 2.75) is 11.9 Å². The van der Waals surface area contributed by atoms with Gasteiger partial charge in [0, 0.05) is 0 Å². The third kappa shape index (κ3) is 6.99. The van der Waals surface area contributed by atoms with Crippen molar-refractivity contribution in [1.82, 2.24) is 0 Å². The standard InChI is InChI=1S/C7H9O3P.C3H6O3/c8-7(11(9)10)6-4-2-1-3-5-6;4-1-3(6)2-5/h1-5,7-8,11H,(H,9,10);1,3,5-6H,2H2. The molecule has 0 fully saturated rings. The van der Waals surface area contributed by atoms with Gasteiger partial charge in [0.1, 0.15) is 6.10 Å². The molecule has 0 amide bonds. The molecule has 0 aromatic heterocycles. The van der Waals surface area contributed by atoms with Crippen LogP contribution in [0.1, 0.15) is 11.4 Å². The molecule has 0 heterocycles. The summed E-state index contributed by atoms with van der Waals surface area (Å²) in [5.74, 6) is -1.22. The zero-order chi connectivity index (χ0) is 13.3. The van der Waals surface area contributed by atoms with Gasteiger partial charge in [-0.2, -0.15) is 0 Å². The Balaban J connectivity index is 0.000000366. The molecule has 0 radical (unpaired) electrons. The summed E-state index contributed by atoms with van der Waals surface area (Å²) in [4.78, 5) is 17.9. The highest BCUT2D eigenvalue weighted by Crippen LogP contribution is 2.34. The number of aliphatic hydroxyl groups excluding tert-OH is 3. The van der Waals surface area contributed by atoms with Crippen molar-refractivity contribution in [1.29, 1.82) is 0 Å². The largest absolute Gasteiger partial charge is 0.393 e. The van der Waals surface area contributed by atoms with Gasteiger partial charge in [-0.1, -0.05) is 30.3 Å². The molecule has 1 aromatic carbocycles. The second-order valence-electron chi connectivity index (χ2n) is 3.04. The Morgan fingerprint density at radius 3 is 2.06 bits per heavy atom. The molecule has 0 aliphatic heterocycles. The van der Waals surface area contributed by atoms with Crippen molar-refractivity contribution in [3.63, 3.8) is 0 Å². The van der Waals surface area contributed by atoms with Gasteiger partial charge in [0.25, 0.3) is 0 Å². The lowest BCUT2D eigenvalue weighted by Crippen LogP contribution is -2.12. The molecule has 6 nitrogen and oxygen atoms in total. The van der Waals surface area contributed by atoms with Gasteiger partial charge in [0.05, 0.1) is 6.61 Å². The zero-order valence-electron chi connectivity index (χ0n) is 8.93. The number of aliphatic hydroxyl groups is 3. The summed E-state index contributed by atoms with van der Waals surface area (Å²) in [6.45, 7) is -0.483. The molecule has 3 atom stereocenters. The van der Waals surface area contributed by atoms with Gasteiger partial charge in [-0.3, -0.25) is 4.57 Å². The molecular weight excluding hydrogens is 247 g/mol. The van der Waals surface area contributed by atoms with Crippen LogP contribution in [0.25, 0.3) is 0 Å². The molecule has 0 spiro atoms. The Kier molecular flexibility index (Phi) is 8.49. The SMILES string of the molecule is O=CC(O)CO.O=[PH](O)C(O)c1ccccc1. The van der Waals surface area contributed by atoms with E-state index in [-0.39, 0.29) is 6.29 Å². The van der Waals surface area contributed by atoms with Gasteiger partial charge in [0.2, 0.25) is 8.03 Å². The highest BCUT2D eigenvalue weighted by atomic mass is 31.1. The van der Waals surface area contributed by atoms with Gasteiger partial charge < -0.3 is 25.0 Å². The van der Waals surface area contributed by atoms with Crippen LogP contribution in [0.15, 0.2) is 30.3 Å². The Hall–Kier alpha value is -1.04. The van der Waals surface area contributed by atoms with Crippen LogP contribution in [0.3, 0.4) is 0 Å². The third-order valence-corrected chi connectivity index (χ3v) is 2.49. The molecule has 0 saturated carbocycles. The third-order valence-electron chi connectivity index (χ3n) is 1.69. The van der Waals surface area contributed by atoms with Gasteiger partial charge in [0.15, 0.2) is 12.1 Å². The summed E-state index contributed by atoms with van der Waals surface area (Å²) in [6, 6.07) is 8.43. The Bertz CT molecular complexity index is 342. The molecule has 0 saturated heterocycles. The second kappa shape index (κ2) is 9.04. The van der Waals surface area contributed by atoms with E-state index in [0.717, 1.165) is 0 Å². The molecular formula is C10H15O6P. The van der Waals surface area contributed by atoms with Crippen molar-refractivity contribution >= 4 is 14.3 Å². The predicted molar refractivity (Wildman–Crippen MR) is 61.8 cm³/mol. The fourth-order valence-corrected chi connectivity index (χ4v) is 1.30. The van der Waals surface area contributed by atoms with Crippen molar-refractivity contribution in [2.24, 2.45) is 0 Å². The summed E-state index contributed by atoms with van der Waals surface area (Å²) in [5.41, 5.74) is 0.485. The summed E-state index contributed by atoms with van der Waals surface area (Å²) in [7, 11) is -2.86. The molecule has 0 bridgehead atoms. The first kappa shape index (κ1) is 16.0. The monoisotopic (exact) mass is 262 g/mol. The van der Waals surface area contributed by atoms with E-state index >= 15 is 0 Å². The maximum Gasteiger partial charge on any atom is 0.221 e. The van der Waals surface area contributed by atoms with E-state index in [9.17, 15) is 9.36 Å². The first-order valence-corrected chi connectivity index (χ1v) is 6.16. The van der Waals surface area contributed by atoms with Gasteiger partial charge >= 0.3 is 0 Å². The molecule has 0 aliphatic rings.